The van der Waals surface area contributed by atoms with Gasteiger partial charge in [-0.2, -0.15) is 0 Å². The molecule has 0 fully saturated rings. The molecule has 2 nitrogen and oxygen atoms in total. The van der Waals surface area contributed by atoms with Gasteiger partial charge in [-0.1, -0.05) is 45.8 Å². The summed E-state index contributed by atoms with van der Waals surface area (Å²) in [7, 11) is 0. The Morgan fingerprint density at radius 1 is 1.13 bits per heavy atom. The topological polar surface area (TPSA) is 29.1 Å². The largest absolute Gasteiger partial charge is 0.325 e. The van der Waals surface area contributed by atoms with Crippen LogP contribution in [-0.2, 0) is 10.5 Å². The van der Waals surface area contributed by atoms with E-state index in [2.05, 4.69) is 52.4 Å². The summed E-state index contributed by atoms with van der Waals surface area (Å²) in [5, 5.41) is 2.99. The van der Waals surface area contributed by atoms with E-state index in [4.69, 9.17) is 0 Å². The van der Waals surface area contributed by atoms with Crippen LogP contribution in [0.25, 0.3) is 0 Å². The molecule has 0 radical (unpaired) electrons. The minimum absolute atomic E-state index is 0.0576. The molecule has 0 bridgehead atoms. The first-order valence-electron chi connectivity index (χ1n) is 7.61. The number of benzene rings is 2. The lowest BCUT2D eigenvalue weighted by Crippen LogP contribution is -2.23. The van der Waals surface area contributed by atoms with Gasteiger partial charge in [-0.05, 0) is 56.5 Å². The van der Waals surface area contributed by atoms with Gasteiger partial charge in [0.25, 0.3) is 0 Å². The van der Waals surface area contributed by atoms with Crippen LogP contribution in [0.2, 0.25) is 0 Å². The van der Waals surface area contributed by atoms with Crippen molar-refractivity contribution >= 4 is 39.3 Å². The van der Waals surface area contributed by atoms with Crippen LogP contribution in [0.1, 0.15) is 29.2 Å². The lowest BCUT2D eigenvalue weighted by Gasteiger charge is -2.16. The number of rotatable bonds is 5. The number of halogens is 1. The van der Waals surface area contributed by atoms with Crippen molar-refractivity contribution in [2.24, 2.45) is 0 Å². The molecule has 1 N–H and O–H groups in total. The molecule has 2 aromatic carbocycles. The van der Waals surface area contributed by atoms with Crippen molar-refractivity contribution < 1.29 is 4.79 Å². The second-order valence-electron chi connectivity index (χ2n) is 5.84. The highest BCUT2D eigenvalue weighted by Gasteiger charge is 2.15. The second-order valence-corrected chi connectivity index (χ2v) is 8.09. The predicted octanol–water partition coefficient (Wildman–Crippen LogP) is 5.63. The molecule has 122 valence electrons. The predicted molar refractivity (Wildman–Crippen MR) is 104 cm³/mol. The minimum atomic E-state index is -0.0984. The second kappa shape index (κ2) is 8.02. The Morgan fingerprint density at radius 3 is 2.26 bits per heavy atom. The van der Waals surface area contributed by atoms with Gasteiger partial charge < -0.3 is 5.32 Å². The molecule has 0 saturated heterocycles. The number of hydrogen-bond donors (Lipinski definition) is 1. The van der Waals surface area contributed by atoms with Crippen LogP contribution in [-0.4, -0.2) is 11.2 Å². The molecule has 0 heterocycles. The Bertz CT molecular complexity index is 674. The Kier molecular flexibility index (Phi) is 6.31. The van der Waals surface area contributed by atoms with E-state index in [0.717, 1.165) is 27.0 Å². The highest BCUT2D eigenvalue weighted by atomic mass is 79.9. The van der Waals surface area contributed by atoms with E-state index in [1.807, 2.05) is 32.9 Å². The SMILES string of the molecule is Cc1cc(C)c(NC(=O)C(C)SCc2ccc(Br)cc2)c(C)c1. The van der Waals surface area contributed by atoms with Gasteiger partial charge in [0.15, 0.2) is 0 Å². The normalized spacial score (nSPS) is 12.0. The van der Waals surface area contributed by atoms with Crippen LogP contribution in [0.5, 0.6) is 0 Å². The van der Waals surface area contributed by atoms with Crippen molar-refractivity contribution in [3.63, 3.8) is 0 Å². The van der Waals surface area contributed by atoms with Gasteiger partial charge in [0.05, 0.1) is 5.25 Å². The molecule has 0 saturated carbocycles. The van der Waals surface area contributed by atoms with Crippen LogP contribution >= 0.6 is 27.7 Å². The van der Waals surface area contributed by atoms with Gasteiger partial charge in [-0.3, -0.25) is 4.79 Å². The fourth-order valence-electron chi connectivity index (χ4n) is 2.48. The molecule has 4 heteroatoms. The summed E-state index contributed by atoms with van der Waals surface area (Å²) in [6.45, 7) is 8.10. The average Bonchev–Trinajstić information content (AvgIpc) is 2.49. The summed E-state index contributed by atoms with van der Waals surface area (Å²) in [5.41, 5.74) is 5.61. The molecule has 1 amide bonds. The Balaban J connectivity index is 1.96. The van der Waals surface area contributed by atoms with E-state index in [-0.39, 0.29) is 11.2 Å². The van der Waals surface area contributed by atoms with Crippen LogP contribution < -0.4 is 5.32 Å². The van der Waals surface area contributed by atoms with E-state index in [9.17, 15) is 4.79 Å². The summed E-state index contributed by atoms with van der Waals surface area (Å²) < 4.78 is 1.07. The molecule has 23 heavy (non-hydrogen) atoms. The quantitative estimate of drug-likeness (QED) is 0.714. The first-order chi connectivity index (χ1) is 10.9. The van der Waals surface area contributed by atoms with Crippen molar-refractivity contribution in [2.75, 3.05) is 5.32 Å². The highest BCUT2D eigenvalue weighted by molar-refractivity contribution is 9.10. The van der Waals surface area contributed by atoms with Crippen molar-refractivity contribution in [1.29, 1.82) is 0 Å². The maximum Gasteiger partial charge on any atom is 0.237 e. The summed E-state index contributed by atoms with van der Waals surface area (Å²) in [6, 6.07) is 12.4. The van der Waals surface area contributed by atoms with Gasteiger partial charge in [0.2, 0.25) is 5.91 Å². The Hall–Kier alpha value is -1.26. The number of amides is 1. The third kappa shape index (κ3) is 5.11. The van der Waals surface area contributed by atoms with E-state index < -0.39 is 0 Å². The van der Waals surface area contributed by atoms with Crippen molar-refractivity contribution in [1.82, 2.24) is 0 Å². The minimum Gasteiger partial charge on any atom is -0.325 e. The monoisotopic (exact) mass is 391 g/mol. The lowest BCUT2D eigenvalue weighted by molar-refractivity contribution is -0.115. The van der Waals surface area contributed by atoms with Gasteiger partial charge in [-0.25, -0.2) is 0 Å². The maximum absolute atomic E-state index is 12.4. The van der Waals surface area contributed by atoms with Crippen LogP contribution in [0.4, 0.5) is 5.69 Å². The third-order valence-electron chi connectivity index (χ3n) is 3.71. The first-order valence-corrected chi connectivity index (χ1v) is 9.45. The summed E-state index contributed by atoms with van der Waals surface area (Å²) in [6.07, 6.45) is 0. The molecular formula is C19H22BrNOS. The van der Waals surface area contributed by atoms with Crippen molar-refractivity contribution in [3.8, 4) is 0 Å². The standard InChI is InChI=1S/C19H22BrNOS/c1-12-9-13(2)18(14(3)10-12)21-19(22)15(4)23-11-16-5-7-17(20)8-6-16/h5-10,15H,11H2,1-4H3,(H,21,22). The lowest BCUT2D eigenvalue weighted by atomic mass is 10.1. The maximum atomic E-state index is 12.4. The zero-order chi connectivity index (χ0) is 17.0. The van der Waals surface area contributed by atoms with Gasteiger partial charge in [0.1, 0.15) is 0 Å². The third-order valence-corrected chi connectivity index (χ3v) is 5.45. The first kappa shape index (κ1) is 18.1. The highest BCUT2D eigenvalue weighted by Crippen LogP contribution is 2.24. The number of hydrogen-bond acceptors (Lipinski definition) is 2. The van der Waals surface area contributed by atoms with Gasteiger partial charge in [0, 0.05) is 15.9 Å². The Labute approximate surface area is 151 Å². The molecule has 2 rings (SSSR count). The number of carbonyl (C=O) groups excluding carboxylic acids is 1. The molecule has 0 aliphatic carbocycles. The molecule has 0 spiro atoms. The van der Waals surface area contributed by atoms with E-state index >= 15 is 0 Å². The van der Waals surface area contributed by atoms with E-state index in [0.29, 0.717) is 0 Å². The van der Waals surface area contributed by atoms with Crippen LogP contribution in [0, 0.1) is 20.8 Å². The molecule has 0 aliphatic heterocycles. The van der Waals surface area contributed by atoms with Crippen LogP contribution in [0.3, 0.4) is 0 Å². The molecule has 0 aromatic heterocycles. The molecule has 2 aromatic rings. The fraction of sp³-hybridized carbons (Fsp3) is 0.316. The number of anilines is 1. The number of carbonyl (C=O) groups is 1. The van der Waals surface area contributed by atoms with E-state index in [1.165, 1.54) is 11.1 Å². The van der Waals surface area contributed by atoms with Gasteiger partial charge in [-0.15, -0.1) is 11.8 Å². The van der Waals surface area contributed by atoms with E-state index in [1.54, 1.807) is 11.8 Å². The summed E-state index contributed by atoms with van der Waals surface area (Å²) >= 11 is 5.08. The summed E-state index contributed by atoms with van der Waals surface area (Å²) in [4.78, 5) is 12.4. The Morgan fingerprint density at radius 2 is 1.70 bits per heavy atom. The van der Waals surface area contributed by atoms with Gasteiger partial charge >= 0.3 is 0 Å². The zero-order valence-electron chi connectivity index (χ0n) is 13.9. The van der Waals surface area contributed by atoms with Crippen LogP contribution in [0.15, 0.2) is 40.9 Å². The zero-order valence-corrected chi connectivity index (χ0v) is 16.3. The smallest absolute Gasteiger partial charge is 0.237 e. The van der Waals surface area contributed by atoms with Crippen molar-refractivity contribution in [3.05, 3.63) is 63.1 Å². The molecular weight excluding hydrogens is 370 g/mol. The molecule has 1 atom stereocenters. The summed E-state index contributed by atoms with van der Waals surface area (Å²) in [5.74, 6) is 0.885. The molecule has 0 aliphatic rings. The molecule has 1 unspecified atom stereocenters. The number of nitrogens with one attached hydrogen (secondary N) is 1. The number of thioether (sulfide) groups is 1. The number of aryl methyl sites for hydroxylation is 3. The fourth-order valence-corrected chi connectivity index (χ4v) is 3.59. The van der Waals surface area contributed by atoms with Crippen molar-refractivity contribution in [2.45, 2.75) is 38.7 Å². The average molecular weight is 392 g/mol.